The van der Waals surface area contributed by atoms with Crippen LogP contribution in [0.25, 0.3) is 0 Å². The standard InChI is InChI=1S/C20H26ClN5O3/c1-13-12-26(20(28)29)16(10-14-6-3-2-4-7-14)18(21)19(13)23-17(27)9-5-8-15-11-22-25-24-15/h2-4,6-7,11,13,16,18-19H,5,8-10,12H2,1H3,(H,23,27)(H,28,29)(H,22,24,25). The molecule has 1 aromatic carbocycles. The molecule has 2 amide bonds. The molecule has 0 spiro atoms. The molecule has 1 aliphatic heterocycles. The molecule has 4 atom stereocenters. The van der Waals surface area contributed by atoms with Crippen LogP contribution in [-0.4, -0.2) is 61.4 Å². The van der Waals surface area contributed by atoms with Gasteiger partial charge in [-0.2, -0.15) is 15.4 Å². The minimum Gasteiger partial charge on any atom is -0.465 e. The number of piperidine rings is 1. The Morgan fingerprint density at radius 3 is 2.76 bits per heavy atom. The van der Waals surface area contributed by atoms with Crippen molar-refractivity contribution in [1.29, 1.82) is 0 Å². The van der Waals surface area contributed by atoms with Gasteiger partial charge >= 0.3 is 6.09 Å². The van der Waals surface area contributed by atoms with Gasteiger partial charge in [-0.15, -0.1) is 11.6 Å². The van der Waals surface area contributed by atoms with Gasteiger partial charge in [0.05, 0.1) is 29.4 Å². The molecule has 1 aromatic heterocycles. The van der Waals surface area contributed by atoms with Crippen molar-refractivity contribution in [2.24, 2.45) is 5.92 Å². The molecule has 0 radical (unpaired) electrons. The quantitative estimate of drug-likeness (QED) is 0.597. The topological polar surface area (TPSA) is 111 Å². The van der Waals surface area contributed by atoms with E-state index in [0.717, 1.165) is 11.3 Å². The molecular formula is C20H26ClN5O3. The van der Waals surface area contributed by atoms with Crippen molar-refractivity contribution >= 4 is 23.6 Å². The molecule has 156 valence electrons. The van der Waals surface area contributed by atoms with Crippen LogP contribution in [0.1, 0.15) is 31.0 Å². The number of nitrogens with zero attached hydrogens (tertiary/aromatic N) is 3. The first-order valence-electron chi connectivity index (χ1n) is 9.77. The van der Waals surface area contributed by atoms with Crippen LogP contribution in [0, 0.1) is 5.92 Å². The molecular weight excluding hydrogens is 394 g/mol. The Morgan fingerprint density at radius 2 is 2.10 bits per heavy atom. The summed E-state index contributed by atoms with van der Waals surface area (Å²) in [4.78, 5) is 25.7. The molecule has 2 heterocycles. The molecule has 3 N–H and O–H groups in total. The highest BCUT2D eigenvalue weighted by Crippen LogP contribution is 2.29. The number of aromatic amines is 1. The van der Waals surface area contributed by atoms with Crippen molar-refractivity contribution in [2.75, 3.05) is 6.54 Å². The lowest BCUT2D eigenvalue weighted by atomic mass is 9.85. The smallest absolute Gasteiger partial charge is 0.407 e. The van der Waals surface area contributed by atoms with Gasteiger partial charge in [0.1, 0.15) is 0 Å². The molecule has 29 heavy (non-hydrogen) atoms. The molecule has 9 heteroatoms. The summed E-state index contributed by atoms with van der Waals surface area (Å²) in [6, 6.07) is 8.97. The van der Waals surface area contributed by atoms with Crippen LogP contribution in [0.2, 0.25) is 0 Å². The van der Waals surface area contributed by atoms with E-state index < -0.39 is 17.5 Å². The molecule has 1 saturated heterocycles. The van der Waals surface area contributed by atoms with Gasteiger partial charge in [-0.05, 0) is 30.7 Å². The number of amides is 2. The number of aromatic nitrogens is 3. The summed E-state index contributed by atoms with van der Waals surface area (Å²) in [5.74, 6) is -0.168. The third-order valence-corrected chi connectivity index (χ3v) is 5.93. The number of rotatable bonds is 7. The van der Waals surface area contributed by atoms with E-state index in [9.17, 15) is 14.7 Å². The molecule has 2 aromatic rings. The number of H-pyrrole nitrogens is 1. The van der Waals surface area contributed by atoms with E-state index in [1.54, 1.807) is 6.20 Å². The average Bonchev–Trinajstić information content (AvgIpc) is 3.21. The number of hydrogen-bond acceptors (Lipinski definition) is 4. The summed E-state index contributed by atoms with van der Waals surface area (Å²) < 4.78 is 0. The van der Waals surface area contributed by atoms with E-state index in [2.05, 4.69) is 20.7 Å². The number of carboxylic acid groups (broad SMARTS) is 1. The summed E-state index contributed by atoms with van der Waals surface area (Å²) in [6.07, 6.45) is 2.84. The fourth-order valence-corrected chi connectivity index (χ4v) is 4.37. The number of benzene rings is 1. The maximum atomic E-state index is 12.5. The van der Waals surface area contributed by atoms with Crippen LogP contribution in [0.15, 0.2) is 36.5 Å². The third kappa shape index (κ3) is 5.47. The predicted molar refractivity (Wildman–Crippen MR) is 109 cm³/mol. The van der Waals surface area contributed by atoms with Gasteiger partial charge in [0, 0.05) is 13.0 Å². The zero-order chi connectivity index (χ0) is 20.8. The van der Waals surface area contributed by atoms with Crippen LogP contribution < -0.4 is 5.32 Å². The zero-order valence-electron chi connectivity index (χ0n) is 16.3. The van der Waals surface area contributed by atoms with Crippen molar-refractivity contribution < 1.29 is 14.7 Å². The second-order valence-electron chi connectivity index (χ2n) is 7.52. The lowest BCUT2D eigenvalue weighted by Crippen LogP contribution is -2.63. The summed E-state index contributed by atoms with van der Waals surface area (Å²) in [6.45, 7) is 2.25. The SMILES string of the molecule is CC1CN(C(=O)O)C(Cc2ccccc2)C(Cl)C1NC(=O)CCCc1cn[nH]n1. The van der Waals surface area contributed by atoms with Gasteiger partial charge < -0.3 is 15.3 Å². The fraction of sp³-hybridized carbons (Fsp3) is 0.500. The monoisotopic (exact) mass is 419 g/mol. The molecule has 0 aliphatic carbocycles. The maximum absolute atomic E-state index is 12.5. The van der Waals surface area contributed by atoms with E-state index in [4.69, 9.17) is 11.6 Å². The second kappa shape index (κ2) is 9.73. The van der Waals surface area contributed by atoms with Crippen LogP contribution in [0.4, 0.5) is 4.79 Å². The highest BCUT2D eigenvalue weighted by molar-refractivity contribution is 6.22. The first kappa shape index (κ1) is 21.1. The van der Waals surface area contributed by atoms with E-state index in [0.29, 0.717) is 32.2 Å². The molecule has 3 rings (SSSR count). The Hall–Kier alpha value is -2.61. The lowest BCUT2D eigenvalue weighted by Gasteiger charge is -2.45. The number of hydrogen-bond donors (Lipinski definition) is 3. The summed E-state index contributed by atoms with van der Waals surface area (Å²) >= 11 is 6.75. The first-order chi connectivity index (χ1) is 14.0. The van der Waals surface area contributed by atoms with Crippen LogP contribution in [0.5, 0.6) is 0 Å². The number of alkyl halides is 1. The van der Waals surface area contributed by atoms with Crippen molar-refractivity contribution in [3.8, 4) is 0 Å². The Morgan fingerprint density at radius 1 is 1.34 bits per heavy atom. The molecule has 4 unspecified atom stereocenters. The highest BCUT2D eigenvalue weighted by atomic mass is 35.5. The molecule has 8 nitrogen and oxygen atoms in total. The van der Waals surface area contributed by atoms with Crippen molar-refractivity contribution in [2.45, 2.75) is 50.1 Å². The average molecular weight is 420 g/mol. The third-order valence-electron chi connectivity index (χ3n) is 5.37. The summed E-state index contributed by atoms with van der Waals surface area (Å²) in [7, 11) is 0. The minimum atomic E-state index is -0.985. The predicted octanol–water partition coefficient (Wildman–Crippen LogP) is 2.46. The Labute approximate surface area is 174 Å². The number of carbonyl (C=O) groups excluding carboxylic acids is 1. The summed E-state index contributed by atoms with van der Waals surface area (Å²) in [5, 5.41) is 22.5. The van der Waals surface area contributed by atoms with Gasteiger partial charge in [-0.1, -0.05) is 37.3 Å². The van der Waals surface area contributed by atoms with E-state index >= 15 is 0 Å². The zero-order valence-corrected chi connectivity index (χ0v) is 17.0. The molecule has 1 fully saturated rings. The number of likely N-dealkylation sites (tertiary alicyclic amines) is 1. The first-order valence-corrected chi connectivity index (χ1v) is 10.2. The number of carbonyl (C=O) groups is 2. The number of nitrogens with one attached hydrogen (secondary N) is 2. The van der Waals surface area contributed by atoms with Gasteiger partial charge in [0.2, 0.25) is 5.91 Å². The fourth-order valence-electron chi connectivity index (χ4n) is 3.84. The molecule has 0 bridgehead atoms. The molecule has 1 aliphatic rings. The number of aryl methyl sites for hydroxylation is 1. The van der Waals surface area contributed by atoms with Gasteiger partial charge in [-0.25, -0.2) is 4.79 Å². The van der Waals surface area contributed by atoms with Crippen LogP contribution >= 0.6 is 11.6 Å². The van der Waals surface area contributed by atoms with E-state index in [1.165, 1.54) is 4.90 Å². The van der Waals surface area contributed by atoms with Crippen molar-refractivity contribution in [3.05, 3.63) is 47.8 Å². The summed E-state index contributed by atoms with van der Waals surface area (Å²) in [5.41, 5.74) is 1.83. The van der Waals surface area contributed by atoms with Crippen molar-refractivity contribution in [3.63, 3.8) is 0 Å². The van der Waals surface area contributed by atoms with Crippen LogP contribution in [0.3, 0.4) is 0 Å². The molecule has 0 saturated carbocycles. The lowest BCUT2D eigenvalue weighted by molar-refractivity contribution is -0.122. The van der Waals surface area contributed by atoms with E-state index in [-0.39, 0.29) is 17.9 Å². The maximum Gasteiger partial charge on any atom is 0.407 e. The normalized spacial score (nSPS) is 24.3. The van der Waals surface area contributed by atoms with Gasteiger partial charge in [0.15, 0.2) is 0 Å². The van der Waals surface area contributed by atoms with E-state index in [1.807, 2.05) is 37.3 Å². The van der Waals surface area contributed by atoms with Crippen LogP contribution in [-0.2, 0) is 17.6 Å². The Kier molecular flexibility index (Phi) is 7.09. The number of halogens is 1. The highest BCUT2D eigenvalue weighted by Gasteiger charge is 2.43. The minimum absolute atomic E-state index is 0.0832. The van der Waals surface area contributed by atoms with Gasteiger partial charge in [-0.3, -0.25) is 4.79 Å². The Balaban J connectivity index is 1.63. The Bertz CT molecular complexity index is 802. The van der Waals surface area contributed by atoms with Crippen molar-refractivity contribution in [1.82, 2.24) is 25.6 Å². The van der Waals surface area contributed by atoms with Gasteiger partial charge in [0.25, 0.3) is 0 Å². The largest absolute Gasteiger partial charge is 0.465 e. The second-order valence-corrected chi connectivity index (χ2v) is 8.03.